The highest BCUT2D eigenvalue weighted by molar-refractivity contribution is 6.33. The van der Waals surface area contributed by atoms with Crippen LogP contribution in [0.15, 0.2) is 54.6 Å². The zero-order chi connectivity index (χ0) is 18.8. The first-order valence-electron chi connectivity index (χ1n) is 8.88. The van der Waals surface area contributed by atoms with Crippen LogP contribution in [0, 0.1) is 5.92 Å². The molecule has 5 nitrogen and oxygen atoms in total. The van der Waals surface area contributed by atoms with E-state index in [0.29, 0.717) is 27.2 Å². The number of hydrazine groups is 1. The molecule has 3 aromatic rings. The number of carbonyl (C=O) groups excluding carboxylic acids is 2. The predicted molar refractivity (Wildman–Crippen MR) is 105 cm³/mol. The molecule has 2 aromatic carbocycles. The van der Waals surface area contributed by atoms with Gasteiger partial charge in [0, 0.05) is 21.9 Å². The van der Waals surface area contributed by atoms with Crippen molar-refractivity contribution in [3.63, 3.8) is 0 Å². The van der Waals surface area contributed by atoms with E-state index in [1.165, 1.54) is 0 Å². The number of fused-ring (bicyclic) bond motifs is 1. The van der Waals surface area contributed by atoms with Crippen molar-refractivity contribution in [1.82, 2.24) is 15.8 Å². The lowest BCUT2D eigenvalue weighted by Gasteiger charge is -2.24. The molecule has 4 rings (SSSR count). The molecule has 1 aliphatic carbocycles. The van der Waals surface area contributed by atoms with Crippen LogP contribution in [-0.4, -0.2) is 16.8 Å². The minimum atomic E-state index is -0.380. The van der Waals surface area contributed by atoms with Gasteiger partial charge in [0.2, 0.25) is 5.91 Å². The highest BCUT2D eigenvalue weighted by atomic mass is 35.5. The molecule has 6 heteroatoms. The van der Waals surface area contributed by atoms with Gasteiger partial charge in [0.1, 0.15) is 0 Å². The van der Waals surface area contributed by atoms with Gasteiger partial charge in [-0.2, -0.15) is 0 Å². The van der Waals surface area contributed by atoms with E-state index < -0.39 is 0 Å². The lowest BCUT2D eigenvalue weighted by molar-refractivity contribution is -0.128. The quantitative estimate of drug-likeness (QED) is 0.672. The van der Waals surface area contributed by atoms with Crippen molar-refractivity contribution < 1.29 is 9.59 Å². The number of rotatable bonds is 3. The molecular formula is C21H18ClN3O2. The Morgan fingerprint density at radius 1 is 1.00 bits per heavy atom. The Morgan fingerprint density at radius 2 is 1.74 bits per heavy atom. The highest BCUT2D eigenvalue weighted by Gasteiger charge is 2.25. The Morgan fingerprint density at radius 3 is 2.48 bits per heavy atom. The maximum atomic E-state index is 12.8. The topological polar surface area (TPSA) is 71.1 Å². The van der Waals surface area contributed by atoms with Gasteiger partial charge in [0.15, 0.2) is 0 Å². The second-order valence-corrected chi connectivity index (χ2v) is 7.03. The van der Waals surface area contributed by atoms with Crippen LogP contribution in [0.25, 0.3) is 22.2 Å². The van der Waals surface area contributed by atoms with E-state index in [2.05, 4.69) is 15.8 Å². The Bertz CT molecular complexity index is 1030. The molecule has 136 valence electrons. The molecule has 2 amide bonds. The number of halogens is 1. The molecule has 1 aliphatic rings. The van der Waals surface area contributed by atoms with E-state index in [1.54, 1.807) is 12.1 Å². The maximum Gasteiger partial charge on any atom is 0.270 e. The highest BCUT2D eigenvalue weighted by Crippen LogP contribution is 2.30. The standard InChI is InChI=1S/C21H18ClN3O2/c22-17-10-3-1-9-15(17)19-12-16(14-8-2-4-11-18(14)23-19)21(27)25-24-20(26)13-6-5-7-13/h1-4,8-13H,5-7H2,(H,24,26)(H,25,27). The SMILES string of the molecule is O=C(NNC(=O)C1CCC1)c1cc(-c2ccccc2Cl)nc2ccccc12. The fourth-order valence-corrected chi connectivity index (χ4v) is 3.36. The van der Waals surface area contributed by atoms with Gasteiger partial charge in [0.25, 0.3) is 5.91 Å². The summed E-state index contributed by atoms with van der Waals surface area (Å²) in [6.45, 7) is 0. The normalized spacial score (nSPS) is 13.8. The summed E-state index contributed by atoms with van der Waals surface area (Å²) in [4.78, 5) is 29.4. The Balaban J connectivity index is 1.69. The lowest BCUT2D eigenvalue weighted by Crippen LogP contribution is -2.46. The van der Waals surface area contributed by atoms with Crippen LogP contribution in [0.2, 0.25) is 5.02 Å². The molecule has 0 bridgehead atoms. The van der Waals surface area contributed by atoms with Crippen molar-refractivity contribution in [2.75, 3.05) is 0 Å². The molecule has 27 heavy (non-hydrogen) atoms. The van der Waals surface area contributed by atoms with Crippen LogP contribution in [0.5, 0.6) is 0 Å². The van der Waals surface area contributed by atoms with E-state index in [9.17, 15) is 9.59 Å². The number of pyridine rings is 1. The van der Waals surface area contributed by atoms with Crippen molar-refractivity contribution in [1.29, 1.82) is 0 Å². The Labute approximate surface area is 161 Å². The predicted octanol–water partition coefficient (Wildman–Crippen LogP) is 4.12. The van der Waals surface area contributed by atoms with Crippen molar-refractivity contribution in [2.45, 2.75) is 19.3 Å². The van der Waals surface area contributed by atoms with Gasteiger partial charge >= 0.3 is 0 Å². The summed E-state index contributed by atoms with van der Waals surface area (Å²) in [6.07, 6.45) is 2.80. The van der Waals surface area contributed by atoms with E-state index in [4.69, 9.17) is 11.6 Å². The van der Waals surface area contributed by atoms with Crippen molar-refractivity contribution in [3.05, 3.63) is 65.2 Å². The Hall–Kier alpha value is -2.92. The summed E-state index contributed by atoms with van der Waals surface area (Å²) in [5.74, 6) is -0.521. The number of nitrogens with one attached hydrogen (secondary N) is 2. The number of nitrogens with zero attached hydrogens (tertiary/aromatic N) is 1. The van der Waals surface area contributed by atoms with Crippen LogP contribution < -0.4 is 10.9 Å². The molecule has 1 saturated carbocycles. The summed E-state index contributed by atoms with van der Waals surface area (Å²) in [5.41, 5.74) is 7.54. The minimum Gasteiger partial charge on any atom is -0.273 e. The van der Waals surface area contributed by atoms with E-state index in [-0.39, 0.29) is 17.7 Å². The van der Waals surface area contributed by atoms with Gasteiger partial charge < -0.3 is 0 Å². The lowest BCUT2D eigenvalue weighted by atomic mass is 9.85. The van der Waals surface area contributed by atoms with Crippen molar-refractivity contribution >= 4 is 34.3 Å². The van der Waals surface area contributed by atoms with Gasteiger partial charge in [-0.1, -0.05) is 54.4 Å². The largest absolute Gasteiger partial charge is 0.273 e. The molecule has 0 radical (unpaired) electrons. The third-order valence-electron chi connectivity index (χ3n) is 4.89. The first-order valence-corrected chi connectivity index (χ1v) is 9.26. The number of benzene rings is 2. The number of amides is 2. The Kier molecular flexibility index (Phi) is 4.77. The molecule has 2 N–H and O–H groups in total. The van der Waals surface area contributed by atoms with E-state index in [1.807, 2.05) is 42.5 Å². The van der Waals surface area contributed by atoms with Crippen molar-refractivity contribution in [2.24, 2.45) is 5.92 Å². The molecule has 0 unspecified atom stereocenters. The number of aromatic nitrogens is 1. The first-order chi connectivity index (χ1) is 13.1. The van der Waals surface area contributed by atoms with Crippen molar-refractivity contribution in [3.8, 4) is 11.3 Å². The fourth-order valence-electron chi connectivity index (χ4n) is 3.13. The second-order valence-electron chi connectivity index (χ2n) is 6.62. The average Bonchev–Trinajstić information content (AvgIpc) is 2.64. The van der Waals surface area contributed by atoms with Crippen LogP contribution in [0.4, 0.5) is 0 Å². The number of carbonyl (C=O) groups is 2. The molecule has 1 heterocycles. The molecule has 0 aliphatic heterocycles. The third-order valence-corrected chi connectivity index (χ3v) is 5.22. The summed E-state index contributed by atoms with van der Waals surface area (Å²) < 4.78 is 0. The molecule has 0 saturated heterocycles. The summed E-state index contributed by atoms with van der Waals surface area (Å²) in [5, 5.41) is 1.27. The zero-order valence-corrected chi connectivity index (χ0v) is 15.3. The second kappa shape index (κ2) is 7.37. The van der Waals surface area contributed by atoms with Crippen LogP contribution in [0.3, 0.4) is 0 Å². The molecule has 0 spiro atoms. The summed E-state index contributed by atoms with van der Waals surface area (Å²) >= 11 is 6.30. The molecule has 1 aromatic heterocycles. The van der Waals surface area contributed by atoms with E-state index >= 15 is 0 Å². The van der Waals surface area contributed by atoms with Gasteiger partial charge in [-0.25, -0.2) is 4.98 Å². The molecule has 0 atom stereocenters. The van der Waals surface area contributed by atoms with Gasteiger partial charge in [-0.05, 0) is 31.0 Å². The zero-order valence-electron chi connectivity index (χ0n) is 14.5. The maximum absolute atomic E-state index is 12.8. The summed E-state index contributed by atoms with van der Waals surface area (Å²) in [6, 6.07) is 16.5. The van der Waals surface area contributed by atoms with Gasteiger partial charge in [0.05, 0.1) is 16.8 Å². The first kappa shape index (κ1) is 17.5. The minimum absolute atomic E-state index is 0.00169. The average molecular weight is 380 g/mol. The van der Waals surface area contributed by atoms with Crippen LogP contribution in [-0.2, 0) is 4.79 Å². The number of para-hydroxylation sites is 1. The number of hydrogen-bond donors (Lipinski definition) is 2. The smallest absolute Gasteiger partial charge is 0.270 e. The molecule has 1 fully saturated rings. The monoisotopic (exact) mass is 379 g/mol. The molecular weight excluding hydrogens is 362 g/mol. The number of hydrogen-bond acceptors (Lipinski definition) is 3. The third kappa shape index (κ3) is 3.51. The fraction of sp³-hybridized carbons (Fsp3) is 0.190. The summed E-state index contributed by atoms with van der Waals surface area (Å²) in [7, 11) is 0. The van der Waals surface area contributed by atoms with Gasteiger partial charge in [-0.3, -0.25) is 20.4 Å². The van der Waals surface area contributed by atoms with E-state index in [0.717, 1.165) is 24.8 Å². The van der Waals surface area contributed by atoms with Crippen LogP contribution in [0.1, 0.15) is 29.6 Å². The van der Waals surface area contributed by atoms with Gasteiger partial charge in [-0.15, -0.1) is 0 Å². The van der Waals surface area contributed by atoms with Crippen LogP contribution >= 0.6 is 11.6 Å².